The van der Waals surface area contributed by atoms with Crippen molar-refractivity contribution in [3.05, 3.63) is 29.5 Å². The topological polar surface area (TPSA) is 101 Å². The van der Waals surface area contributed by atoms with E-state index >= 15 is 0 Å². The van der Waals surface area contributed by atoms with E-state index in [1.54, 1.807) is 12.1 Å². The van der Waals surface area contributed by atoms with Crippen LogP contribution in [0.4, 0.5) is 5.82 Å². The molecule has 0 amide bonds. The first-order chi connectivity index (χ1) is 12.6. The first-order valence-electron chi connectivity index (χ1n) is 8.75. The second kappa shape index (κ2) is 7.52. The van der Waals surface area contributed by atoms with E-state index in [9.17, 15) is 10.4 Å². The zero-order valence-electron chi connectivity index (χ0n) is 15.1. The van der Waals surface area contributed by atoms with Crippen LogP contribution in [0.25, 0.3) is 11.1 Å². The maximum atomic E-state index is 10.1. The number of nitrogens with zero attached hydrogens (tertiary/aromatic N) is 2. The Kier molecular flexibility index (Phi) is 5.17. The molecule has 3 rings (SSSR count). The zero-order chi connectivity index (χ0) is 18.7. The van der Waals surface area contributed by atoms with Gasteiger partial charge in [0.15, 0.2) is 11.5 Å². The summed E-state index contributed by atoms with van der Waals surface area (Å²) in [7, 11) is 2.94. The number of pyridine rings is 1. The SMILES string of the molecule is COc1cc(-c2cc(C3CCCCC3)nc(N)c2C#N)cc(OC)c1O. The van der Waals surface area contributed by atoms with Crippen LogP contribution in [0.5, 0.6) is 17.2 Å². The number of benzene rings is 1. The molecule has 26 heavy (non-hydrogen) atoms. The molecule has 136 valence electrons. The largest absolute Gasteiger partial charge is 0.502 e. The first kappa shape index (κ1) is 17.9. The van der Waals surface area contributed by atoms with Gasteiger partial charge in [0.2, 0.25) is 5.75 Å². The lowest BCUT2D eigenvalue weighted by Crippen LogP contribution is -2.09. The Hall–Kier alpha value is -2.94. The average Bonchev–Trinajstić information content (AvgIpc) is 2.68. The van der Waals surface area contributed by atoms with Crippen molar-refractivity contribution in [3.8, 4) is 34.4 Å². The van der Waals surface area contributed by atoms with Gasteiger partial charge in [-0.15, -0.1) is 0 Å². The van der Waals surface area contributed by atoms with Crippen LogP contribution in [-0.4, -0.2) is 24.3 Å². The summed E-state index contributed by atoms with van der Waals surface area (Å²) in [5, 5.41) is 19.7. The summed E-state index contributed by atoms with van der Waals surface area (Å²) in [5.41, 5.74) is 8.71. The maximum Gasteiger partial charge on any atom is 0.200 e. The fourth-order valence-corrected chi connectivity index (χ4v) is 3.59. The minimum Gasteiger partial charge on any atom is -0.502 e. The normalized spacial score (nSPS) is 14.7. The molecule has 0 atom stereocenters. The molecular formula is C20H23N3O3. The molecule has 1 aliphatic rings. The van der Waals surface area contributed by atoms with E-state index in [4.69, 9.17) is 15.2 Å². The molecule has 1 saturated carbocycles. The summed E-state index contributed by atoms with van der Waals surface area (Å²) in [6.07, 6.45) is 5.78. The van der Waals surface area contributed by atoms with E-state index in [-0.39, 0.29) is 23.1 Å². The van der Waals surface area contributed by atoms with Gasteiger partial charge in [-0.1, -0.05) is 19.3 Å². The van der Waals surface area contributed by atoms with E-state index in [1.807, 2.05) is 6.07 Å². The monoisotopic (exact) mass is 353 g/mol. The summed E-state index contributed by atoms with van der Waals surface area (Å²) >= 11 is 0. The van der Waals surface area contributed by atoms with Gasteiger partial charge in [0.1, 0.15) is 17.5 Å². The summed E-state index contributed by atoms with van der Waals surface area (Å²) in [4.78, 5) is 4.50. The predicted octanol–water partition coefficient (Wildman–Crippen LogP) is 3.97. The van der Waals surface area contributed by atoms with Crippen LogP contribution in [0, 0.1) is 11.3 Å². The van der Waals surface area contributed by atoms with Crippen molar-refractivity contribution in [1.82, 2.24) is 4.98 Å². The molecule has 0 spiro atoms. The predicted molar refractivity (Wildman–Crippen MR) is 99.4 cm³/mol. The van der Waals surface area contributed by atoms with Crippen molar-refractivity contribution in [2.45, 2.75) is 38.0 Å². The lowest BCUT2D eigenvalue weighted by atomic mass is 9.85. The fraction of sp³-hybridized carbons (Fsp3) is 0.400. The van der Waals surface area contributed by atoms with Crippen molar-refractivity contribution in [2.24, 2.45) is 0 Å². The minimum atomic E-state index is -0.0770. The Labute approximate surface area is 153 Å². The van der Waals surface area contributed by atoms with Crippen LogP contribution in [0.15, 0.2) is 18.2 Å². The Bertz CT molecular complexity index is 827. The number of aromatic hydroxyl groups is 1. The van der Waals surface area contributed by atoms with Gasteiger partial charge >= 0.3 is 0 Å². The van der Waals surface area contributed by atoms with Gasteiger partial charge in [-0.2, -0.15) is 5.26 Å². The number of rotatable bonds is 4. The Morgan fingerprint density at radius 3 is 2.27 bits per heavy atom. The summed E-state index contributed by atoms with van der Waals surface area (Å²) in [6.45, 7) is 0. The molecule has 1 heterocycles. The number of nitriles is 1. The Balaban J connectivity index is 2.17. The van der Waals surface area contributed by atoms with Gasteiger partial charge in [-0.25, -0.2) is 4.98 Å². The Morgan fingerprint density at radius 1 is 1.12 bits per heavy atom. The number of hydrogen-bond acceptors (Lipinski definition) is 6. The molecule has 1 fully saturated rings. The molecule has 0 radical (unpaired) electrons. The lowest BCUT2D eigenvalue weighted by Gasteiger charge is -2.22. The van der Waals surface area contributed by atoms with E-state index in [0.717, 1.165) is 18.5 Å². The van der Waals surface area contributed by atoms with Crippen LogP contribution in [0.2, 0.25) is 0 Å². The molecule has 2 aromatic rings. The van der Waals surface area contributed by atoms with Crippen molar-refractivity contribution in [3.63, 3.8) is 0 Å². The lowest BCUT2D eigenvalue weighted by molar-refractivity contribution is 0.340. The van der Waals surface area contributed by atoms with E-state index in [2.05, 4.69) is 11.1 Å². The number of phenolic OH excluding ortho intramolecular Hbond substituents is 1. The molecule has 1 aromatic carbocycles. The minimum absolute atomic E-state index is 0.0770. The molecule has 6 nitrogen and oxygen atoms in total. The number of phenols is 1. The summed E-state index contributed by atoms with van der Waals surface area (Å²) in [6, 6.07) is 7.45. The second-order valence-corrected chi connectivity index (χ2v) is 6.53. The molecule has 1 aliphatic carbocycles. The fourth-order valence-electron chi connectivity index (χ4n) is 3.59. The van der Waals surface area contributed by atoms with Crippen LogP contribution in [0.3, 0.4) is 0 Å². The van der Waals surface area contributed by atoms with Gasteiger partial charge in [-0.3, -0.25) is 0 Å². The number of methoxy groups -OCH3 is 2. The first-order valence-corrected chi connectivity index (χ1v) is 8.75. The van der Waals surface area contributed by atoms with E-state index < -0.39 is 0 Å². The molecule has 3 N–H and O–H groups in total. The van der Waals surface area contributed by atoms with E-state index in [0.29, 0.717) is 22.6 Å². The van der Waals surface area contributed by atoms with Crippen LogP contribution in [-0.2, 0) is 0 Å². The molecule has 1 aromatic heterocycles. The molecular weight excluding hydrogens is 330 g/mol. The van der Waals surface area contributed by atoms with Crippen molar-refractivity contribution < 1.29 is 14.6 Å². The van der Waals surface area contributed by atoms with Crippen molar-refractivity contribution >= 4 is 5.82 Å². The standard InChI is InChI=1S/C20H23N3O3/c1-25-17-8-13(9-18(26-2)19(17)24)14-10-16(12-6-4-3-5-7-12)23-20(22)15(14)11-21/h8-10,12,24H,3-7H2,1-2H3,(H2,22,23). The van der Waals surface area contributed by atoms with Crippen molar-refractivity contribution in [2.75, 3.05) is 20.0 Å². The van der Waals surface area contributed by atoms with Gasteiger partial charge in [0, 0.05) is 17.2 Å². The average molecular weight is 353 g/mol. The number of nitrogens with two attached hydrogens (primary N) is 1. The van der Waals surface area contributed by atoms with Gasteiger partial charge in [0.05, 0.1) is 14.2 Å². The highest BCUT2D eigenvalue weighted by molar-refractivity contribution is 5.79. The molecule has 6 heteroatoms. The van der Waals surface area contributed by atoms with Crippen LogP contribution >= 0.6 is 0 Å². The van der Waals surface area contributed by atoms with Gasteiger partial charge < -0.3 is 20.3 Å². The van der Waals surface area contributed by atoms with Crippen LogP contribution in [0.1, 0.15) is 49.3 Å². The van der Waals surface area contributed by atoms with Gasteiger partial charge in [-0.05, 0) is 36.6 Å². The third-order valence-corrected chi connectivity index (χ3v) is 4.99. The smallest absolute Gasteiger partial charge is 0.200 e. The summed E-state index contributed by atoms with van der Waals surface area (Å²) < 4.78 is 10.5. The maximum absolute atomic E-state index is 10.1. The molecule has 0 saturated heterocycles. The highest BCUT2D eigenvalue weighted by Crippen LogP contribution is 2.42. The number of ether oxygens (including phenoxy) is 2. The highest BCUT2D eigenvalue weighted by atomic mass is 16.5. The van der Waals surface area contributed by atoms with Crippen molar-refractivity contribution in [1.29, 1.82) is 5.26 Å². The Morgan fingerprint density at radius 2 is 1.73 bits per heavy atom. The number of hydrogen-bond donors (Lipinski definition) is 2. The quantitative estimate of drug-likeness (QED) is 0.862. The summed E-state index contributed by atoms with van der Waals surface area (Å²) in [5.74, 6) is 1.07. The van der Waals surface area contributed by atoms with Crippen LogP contribution < -0.4 is 15.2 Å². The number of anilines is 1. The number of nitrogen functional groups attached to an aromatic ring is 1. The van der Waals surface area contributed by atoms with E-state index in [1.165, 1.54) is 33.5 Å². The second-order valence-electron chi connectivity index (χ2n) is 6.53. The molecule has 0 bridgehead atoms. The molecule has 0 unspecified atom stereocenters. The number of aromatic nitrogens is 1. The molecule has 0 aliphatic heterocycles. The third kappa shape index (κ3) is 3.25. The zero-order valence-corrected chi connectivity index (χ0v) is 15.1. The third-order valence-electron chi connectivity index (χ3n) is 4.99. The van der Waals surface area contributed by atoms with Gasteiger partial charge in [0.25, 0.3) is 0 Å². The highest BCUT2D eigenvalue weighted by Gasteiger charge is 2.22.